The van der Waals surface area contributed by atoms with Crippen molar-refractivity contribution in [1.82, 2.24) is 5.32 Å². The fourth-order valence-electron chi connectivity index (χ4n) is 12.4. The van der Waals surface area contributed by atoms with Gasteiger partial charge in [-0.2, -0.15) is 11.8 Å². The first-order valence-electron chi connectivity index (χ1n) is 49.2. The minimum Gasteiger partial charge on any atom is -0.508 e. The van der Waals surface area contributed by atoms with Crippen LogP contribution in [0.4, 0.5) is 0 Å². The van der Waals surface area contributed by atoms with Gasteiger partial charge in [-0.05, 0) is 290 Å². The second kappa shape index (κ2) is 90.0. The smallest absolute Gasteiger partial charge is 0.337 e. The van der Waals surface area contributed by atoms with E-state index in [0.29, 0.717) is 79.6 Å². The van der Waals surface area contributed by atoms with Crippen molar-refractivity contribution < 1.29 is 110 Å². The molecule has 8 rings (SSSR count). The van der Waals surface area contributed by atoms with Crippen LogP contribution >= 0.6 is 94.1 Å². The Morgan fingerprint density at radius 1 is 0.281 bits per heavy atom. The average Bonchev–Trinajstić information content (AvgIpc) is 0.888. The molecule has 0 bridgehead atoms. The number of aromatic hydroxyl groups is 2. The van der Waals surface area contributed by atoms with Crippen molar-refractivity contribution in [3.63, 3.8) is 0 Å². The second-order valence-corrected chi connectivity index (χ2v) is 41.7. The van der Waals surface area contributed by atoms with E-state index in [-0.39, 0.29) is 71.0 Å². The monoisotopic (exact) mass is 2160 g/mol. The van der Waals surface area contributed by atoms with Crippen LogP contribution in [0.3, 0.4) is 0 Å². The second-order valence-electron chi connectivity index (χ2n) is 32.5. The number of esters is 8. The van der Waals surface area contributed by atoms with Gasteiger partial charge in [0.25, 0.3) is 5.91 Å². The van der Waals surface area contributed by atoms with Gasteiger partial charge in [0.05, 0.1) is 62.4 Å². The van der Waals surface area contributed by atoms with Crippen molar-refractivity contribution in [2.75, 3.05) is 110 Å². The molecule has 0 radical (unpaired) electrons. The van der Waals surface area contributed by atoms with Crippen molar-refractivity contribution >= 4 is 171 Å². The Morgan fingerprint density at radius 3 is 0.966 bits per heavy atom. The zero-order valence-corrected chi connectivity index (χ0v) is 93.7. The number of ether oxygens (including phenoxy) is 8. The minimum atomic E-state index is -0.403. The molecule has 0 spiro atoms. The first-order valence-corrected chi connectivity index (χ1v) is 57.2. The van der Waals surface area contributed by atoms with Crippen LogP contribution in [0, 0.1) is 0 Å². The van der Waals surface area contributed by atoms with E-state index in [1.807, 2.05) is 151 Å². The molecule has 0 aliphatic heterocycles. The van der Waals surface area contributed by atoms with Gasteiger partial charge in [-0.25, -0.2) is 4.79 Å². The van der Waals surface area contributed by atoms with Crippen molar-refractivity contribution in [3.05, 3.63) is 234 Å². The normalized spacial score (nSPS) is 10.2. The zero-order valence-electron chi connectivity index (χ0n) is 87.1. The number of benzene rings is 8. The third kappa shape index (κ3) is 73.0. The highest BCUT2D eigenvalue weighted by molar-refractivity contribution is 8.00. The topological polar surface area (TPSA) is 374 Å². The van der Waals surface area contributed by atoms with Crippen molar-refractivity contribution in [2.24, 2.45) is 5.73 Å². The van der Waals surface area contributed by atoms with E-state index in [2.05, 4.69) is 67.5 Å². The number of thioether (sulfide) groups is 8. The lowest BCUT2D eigenvalue weighted by molar-refractivity contribution is -0.141. The number of amides is 2. The van der Waals surface area contributed by atoms with E-state index < -0.39 is 5.91 Å². The van der Waals surface area contributed by atoms with Gasteiger partial charge >= 0.3 is 47.8 Å². The number of phenols is 2. The number of methoxy groups -OCH3 is 8. The van der Waals surface area contributed by atoms with Crippen LogP contribution in [-0.4, -0.2) is 197 Å². The van der Waals surface area contributed by atoms with Crippen LogP contribution in [-0.2, 0) is 82.0 Å². The van der Waals surface area contributed by atoms with Crippen LogP contribution < -0.4 is 11.1 Å². The highest BCUT2D eigenvalue weighted by Gasteiger charge is 2.13. The Labute approximate surface area is 900 Å². The molecule has 2 amide bonds. The summed E-state index contributed by atoms with van der Waals surface area (Å²) in [6.07, 6.45) is 27.0. The molecule has 802 valence electrons. The molecule has 33 heteroatoms. The van der Waals surface area contributed by atoms with E-state index in [1.54, 1.807) is 147 Å². The molecule has 146 heavy (non-hydrogen) atoms. The van der Waals surface area contributed by atoms with Crippen molar-refractivity contribution in [2.45, 2.75) is 260 Å². The highest BCUT2D eigenvalue weighted by atomic mass is 32.2. The van der Waals surface area contributed by atoms with E-state index in [0.717, 1.165) is 245 Å². The molecule has 8 aromatic carbocycles. The SMILES string of the molecule is CC(=O)CCCCCSc1ccccc1O.CNC(=O)c1ccc(SCCCCCC(=O)OC)cc1.COC(=O)CCCCCSc1ccc(C(N)=O)cc1.COC(=O)CCCCCSc1cccc(C(=O)OC)c1.COC(=O)CCCCCSc1cccc(C(C)=O)c1.COC(=O)CCCCCSc1cccc(O)c1.COC(=O)CCCCCSc1ccccc1C(C)=O.COC(=O)CCCCSCc1ccccc1. The van der Waals surface area contributed by atoms with E-state index >= 15 is 0 Å². The molecular weight excluding hydrogens is 2010 g/mol. The zero-order chi connectivity index (χ0) is 108. The third-order valence-electron chi connectivity index (χ3n) is 20.7. The maximum absolute atomic E-state index is 11.4. The van der Waals surface area contributed by atoms with Crippen LogP contribution in [0.5, 0.6) is 11.5 Å². The number of ketones is 3. The predicted molar refractivity (Wildman–Crippen MR) is 597 cm³/mol. The summed E-state index contributed by atoms with van der Waals surface area (Å²) in [7, 11) is 12.9. The van der Waals surface area contributed by atoms with Crippen LogP contribution in [0.1, 0.15) is 277 Å². The van der Waals surface area contributed by atoms with Crippen LogP contribution in [0.15, 0.2) is 234 Å². The molecule has 0 saturated heterocycles. The van der Waals surface area contributed by atoms with E-state index in [1.165, 1.54) is 62.4 Å². The molecule has 0 aliphatic carbocycles. The average molecular weight is 2170 g/mol. The van der Waals surface area contributed by atoms with E-state index in [4.69, 9.17) is 5.73 Å². The summed E-state index contributed by atoms with van der Waals surface area (Å²) in [6, 6.07) is 62.7. The number of hydrogen-bond acceptors (Lipinski definition) is 31. The van der Waals surface area contributed by atoms with Gasteiger partial charge in [0.2, 0.25) is 5.91 Å². The third-order valence-corrected chi connectivity index (χ3v) is 29.6. The predicted octanol–water partition coefficient (Wildman–Crippen LogP) is 26.3. The molecule has 0 heterocycles. The fraction of sp³-hybridized carbons (Fsp3) is 0.460. The number of primary amides is 1. The van der Waals surface area contributed by atoms with Crippen molar-refractivity contribution in [1.29, 1.82) is 0 Å². The number of unbranched alkanes of at least 4 members (excludes halogenated alkanes) is 15. The molecule has 0 fully saturated rings. The maximum Gasteiger partial charge on any atom is 0.337 e. The van der Waals surface area contributed by atoms with Crippen LogP contribution in [0.25, 0.3) is 0 Å². The van der Waals surface area contributed by atoms with Gasteiger partial charge in [-0.3, -0.25) is 52.7 Å². The summed E-state index contributed by atoms with van der Waals surface area (Å²) in [5.74, 6) is 8.51. The Bertz CT molecular complexity index is 4970. The molecule has 5 N–H and O–H groups in total. The molecule has 0 aromatic heterocycles. The standard InChI is InChI=1S/C15H21NO3S.C15H20O4S.2C15H20O3S.C14H19NO3S.C13H18O3S.2C13H18O2S/c1-16-15(18)12-7-9-13(10-8-12)20-11-5-3-4-6-14(17)19-2;1-18-14(16)9-4-3-5-10-20-13-8-6-7-12(11-13)15(17)19-2;1-12(16)13-8-5-6-9-14(13)19-11-7-3-4-10-15(17)18-2;1-12(16)13-7-6-8-14(11-13)19-10-5-3-4-9-15(17)18-2;1-18-13(16)5-3-2-4-10-19-12-8-6-11(7-9-12)14(15)17;1-16-13(15)8-3-2-4-9-17-12-7-5-6-11(14)10-12;1-11(14)7-3-2-6-10-16-13-9-5-4-8-12(13)15;1-15-13(14)9-5-6-10-16-11-12-7-3-2-4-8-12/h7-10H,3-6,11H2,1-2H3,(H,16,18);6-8,11H,3-5,9-10H2,1-2H3;5-6,8-9H,3-4,7,10-11H2,1-2H3;6-8,11H,3-5,9-10H2,1-2H3;6-9H,2-5,10H2,1H3,(H2,15,17);5-7,10,14H,2-4,8-9H2,1H3;4-5,8-9,15H,2-3,6-7,10H2,1H3;2-4,7-8H,5-6,9-11H2,1H3. The Kier molecular flexibility index (Phi) is 82.5. The Hall–Kier alpha value is -10.1. The first-order chi connectivity index (χ1) is 70.5. The lowest BCUT2D eigenvalue weighted by Crippen LogP contribution is -2.17. The minimum absolute atomic E-state index is 0.0654. The number of para-hydroxylation sites is 1. The van der Waals surface area contributed by atoms with Gasteiger partial charge in [-0.1, -0.05) is 130 Å². The van der Waals surface area contributed by atoms with Crippen molar-refractivity contribution in [3.8, 4) is 11.5 Å². The van der Waals surface area contributed by atoms with Gasteiger partial charge < -0.3 is 64.0 Å². The quantitative estimate of drug-likeness (QED) is 0.00904. The maximum atomic E-state index is 11.4. The number of carbonyl (C=O) groups excluding carboxylic acids is 13. The van der Waals surface area contributed by atoms with Gasteiger partial charge in [0.15, 0.2) is 11.6 Å². The number of phenolic OH excluding ortho intramolecular Hbond substituents is 2. The number of hydrogen-bond donors (Lipinski definition) is 4. The highest BCUT2D eigenvalue weighted by Crippen LogP contribution is 2.31. The molecule has 25 nitrogen and oxygen atoms in total. The van der Waals surface area contributed by atoms with Gasteiger partial charge in [-0.15, -0.1) is 82.3 Å². The largest absolute Gasteiger partial charge is 0.508 e. The summed E-state index contributed by atoms with van der Waals surface area (Å²) >= 11 is 14.0. The lowest BCUT2D eigenvalue weighted by Gasteiger charge is -2.06. The molecule has 0 unspecified atom stereocenters. The molecule has 0 atom stereocenters. The lowest BCUT2D eigenvalue weighted by atomic mass is 10.1. The van der Waals surface area contributed by atoms with Gasteiger partial charge in [0.1, 0.15) is 17.3 Å². The number of nitrogens with one attached hydrogen (secondary N) is 1. The Morgan fingerprint density at radius 2 is 0.603 bits per heavy atom. The fourth-order valence-corrected chi connectivity index (χ4v) is 20.2. The number of nitrogens with two attached hydrogens (primary N) is 1. The summed E-state index contributed by atoms with van der Waals surface area (Å²) in [4.78, 5) is 151. The van der Waals surface area contributed by atoms with Crippen LogP contribution in [0.2, 0.25) is 0 Å². The number of carbonyl (C=O) groups is 13. The first kappa shape index (κ1) is 134. The molecule has 0 aliphatic rings. The molecular formula is C113H154N2O23S8. The summed E-state index contributed by atoms with van der Waals surface area (Å²) in [6.45, 7) is 4.81. The van der Waals surface area contributed by atoms with Gasteiger partial charge in [0, 0.05) is 121 Å². The molecule has 0 saturated carbocycles. The number of Topliss-reactive ketones (excluding diaryl/α,β-unsaturated/α-hetero) is 3. The molecule has 8 aromatic rings. The van der Waals surface area contributed by atoms with E-state index in [9.17, 15) is 72.5 Å². The summed E-state index contributed by atoms with van der Waals surface area (Å²) in [5, 5.41) is 21.4. The Balaban J connectivity index is 0.000000835. The summed E-state index contributed by atoms with van der Waals surface area (Å²) in [5.41, 5.74) is 9.86. The summed E-state index contributed by atoms with van der Waals surface area (Å²) < 4.78 is 36.8. The number of rotatable bonds is 61.